The zero-order valence-electron chi connectivity index (χ0n) is 9.94. The van der Waals surface area contributed by atoms with Crippen LogP contribution < -0.4 is 11.1 Å². The van der Waals surface area contributed by atoms with E-state index in [0.717, 1.165) is 5.56 Å². The maximum absolute atomic E-state index is 11.9. The molecular weight excluding hydrogens is 280 g/mol. The molecule has 3 nitrogen and oxygen atoms in total. The third-order valence-corrected chi connectivity index (χ3v) is 3.50. The summed E-state index contributed by atoms with van der Waals surface area (Å²) < 4.78 is 0.595. The Morgan fingerprint density at radius 1 is 1.26 bits per heavy atom. The molecule has 0 unspecified atom stereocenters. The number of hydrogen-bond donors (Lipinski definition) is 2. The highest BCUT2D eigenvalue weighted by molar-refractivity contribution is 7.18. The van der Waals surface area contributed by atoms with Gasteiger partial charge in [-0.05, 0) is 36.4 Å². The first-order valence-electron chi connectivity index (χ1n) is 5.55. The topological polar surface area (TPSA) is 55.1 Å². The van der Waals surface area contributed by atoms with E-state index in [1.54, 1.807) is 24.3 Å². The molecule has 0 saturated carbocycles. The number of benzene rings is 1. The maximum Gasteiger partial charge on any atom is 0.265 e. The Balaban J connectivity index is 2.05. The molecule has 0 saturated heterocycles. The highest BCUT2D eigenvalue weighted by atomic mass is 35.5. The molecule has 1 aromatic heterocycles. The number of carbonyl (C=O) groups excluding carboxylic acids is 1. The van der Waals surface area contributed by atoms with E-state index in [2.05, 4.69) is 17.2 Å². The van der Waals surface area contributed by atoms with Gasteiger partial charge in [0.05, 0.1) is 15.8 Å². The van der Waals surface area contributed by atoms with Gasteiger partial charge in [-0.3, -0.25) is 4.79 Å². The van der Waals surface area contributed by atoms with Crippen molar-refractivity contribution < 1.29 is 4.79 Å². The molecule has 0 aliphatic carbocycles. The number of rotatable bonds is 2. The van der Waals surface area contributed by atoms with Crippen LogP contribution in [0.25, 0.3) is 0 Å². The van der Waals surface area contributed by atoms with E-state index in [9.17, 15) is 4.79 Å². The summed E-state index contributed by atoms with van der Waals surface area (Å²) in [6.07, 6.45) is 0. The Morgan fingerprint density at radius 2 is 2.00 bits per heavy atom. The number of carbonyl (C=O) groups is 1. The van der Waals surface area contributed by atoms with Crippen LogP contribution in [0, 0.1) is 11.8 Å². The Bertz CT molecular complexity index is 637. The van der Waals surface area contributed by atoms with E-state index in [0.29, 0.717) is 21.4 Å². The minimum atomic E-state index is -0.169. The van der Waals surface area contributed by atoms with Crippen molar-refractivity contribution in [1.82, 2.24) is 0 Å². The Kier molecular flexibility index (Phi) is 4.58. The molecule has 2 rings (SSSR count). The van der Waals surface area contributed by atoms with Gasteiger partial charge in [0.1, 0.15) is 0 Å². The first kappa shape index (κ1) is 13.6. The number of nitrogens with one attached hydrogen (secondary N) is 1. The second-order valence-corrected chi connectivity index (χ2v) is 5.36. The highest BCUT2D eigenvalue weighted by Crippen LogP contribution is 2.22. The fourth-order valence-corrected chi connectivity index (χ4v) is 2.36. The number of nitrogens with two attached hydrogens (primary N) is 1. The van der Waals surface area contributed by atoms with Crippen molar-refractivity contribution in [1.29, 1.82) is 0 Å². The average molecular weight is 291 g/mol. The van der Waals surface area contributed by atoms with Crippen LogP contribution in [0.4, 0.5) is 5.69 Å². The summed E-state index contributed by atoms with van der Waals surface area (Å²) in [4.78, 5) is 12.5. The summed E-state index contributed by atoms with van der Waals surface area (Å²) in [6.45, 7) is 0.331. The second kappa shape index (κ2) is 6.39. The molecule has 0 aliphatic heterocycles. The van der Waals surface area contributed by atoms with Gasteiger partial charge in [0, 0.05) is 11.3 Å². The van der Waals surface area contributed by atoms with Crippen LogP contribution >= 0.6 is 22.9 Å². The van der Waals surface area contributed by atoms with Crippen molar-refractivity contribution in [3.05, 3.63) is 51.2 Å². The fourth-order valence-electron chi connectivity index (χ4n) is 1.42. The zero-order valence-corrected chi connectivity index (χ0v) is 11.5. The predicted molar refractivity (Wildman–Crippen MR) is 79.7 cm³/mol. The van der Waals surface area contributed by atoms with Crippen LogP contribution in [0.15, 0.2) is 36.4 Å². The van der Waals surface area contributed by atoms with Gasteiger partial charge in [0.15, 0.2) is 0 Å². The quantitative estimate of drug-likeness (QED) is 0.836. The zero-order chi connectivity index (χ0) is 13.7. The van der Waals surface area contributed by atoms with Gasteiger partial charge in [-0.25, -0.2) is 0 Å². The molecule has 0 bridgehead atoms. The summed E-state index contributed by atoms with van der Waals surface area (Å²) >= 11 is 7.04. The molecule has 0 spiro atoms. The number of thiophene rings is 1. The second-order valence-electron chi connectivity index (χ2n) is 3.64. The summed E-state index contributed by atoms with van der Waals surface area (Å²) in [6, 6.07) is 10.7. The van der Waals surface area contributed by atoms with Crippen LogP contribution in [0.5, 0.6) is 0 Å². The minimum Gasteiger partial charge on any atom is -0.321 e. The largest absolute Gasteiger partial charge is 0.321 e. The molecule has 0 aliphatic rings. The molecule has 0 radical (unpaired) electrons. The summed E-state index contributed by atoms with van der Waals surface area (Å²) in [5.41, 5.74) is 6.88. The van der Waals surface area contributed by atoms with E-state index < -0.39 is 0 Å². The normalized spacial score (nSPS) is 9.58. The molecule has 96 valence electrons. The van der Waals surface area contributed by atoms with Gasteiger partial charge in [-0.1, -0.05) is 23.4 Å². The van der Waals surface area contributed by atoms with Gasteiger partial charge in [0.25, 0.3) is 5.91 Å². The molecule has 19 heavy (non-hydrogen) atoms. The lowest BCUT2D eigenvalue weighted by molar-refractivity contribution is 0.103. The average Bonchev–Trinajstić information content (AvgIpc) is 2.85. The molecule has 0 fully saturated rings. The third kappa shape index (κ3) is 3.83. The fraction of sp³-hybridized carbons (Fsp3) is 0.0714. The molecule has 2 aromatic rings. The van der Waals surface area contributed by atoms with Crippen LogP contribution in [0.3, 0.4) is 0 Å². The highest BCUT2D eigenvalue weighted by Gasteiger charge is 2.08. The molecule has 0 atom stereocenters. The van der Waals surface area contributed by atoms with E-state index in [-0.39, 0.29) is 5.91 Å². The van der Waals surface area contributed by atoms with Crippen molar-refractivity contribution in [3.8, 4) is 11.8 Å². The lowest BCUT2D eigenvalue weighted by Gasteiger charge is -2.03. The maximum atomic E-state index is 11.9. The van der Waals surface area contributed by atoms with Gasteiger partial charge >= 0.3 is 0 Å². The SMILES string of the molecule is NCC#Cc1ccc(NC(=O)c2ccc(Cl)s2)cc1. The van der Waals surface area contributed by atoms with Crippen LogP contribution in [-0.2, 0) is 0 Å². The van der Waals surface area contributed by atoms with Crippen molar-refractivity contribution in [2.45, 2.75) is 0 Å². The first-order chi connectivity index (χ1) is 9.19. The van der Waals surface area contributed by atoms with Gasteiger partial charge in [-0.15, -0.1) is 11.3 Å². The lowest BCUT2D eigenvalue weighted by atomic mass is 10.2. The third-order valence-electron chi connectivity index (χ3n) is 2.27. The van der Waals surface area contributed by atoms with Crippen molar-refractivity contribution in [2.24, 2.45) is 5.73 Å². The van der Waals surface area contributed by atoms with E-state index in [1.807, 2.05) is 12.1 Å². The summed E-state index contributed by atoms with van der Waals surface area (Å²) in [5.74, 6) is 5.52. The van der Waals surface area contributed by atoms with Gasteiger partial charge < -0.3 is 11.1 Å². The number of halogens is 1. The minimum absolute atomic E-state index is 0.169. The Labute approximate surface area is 120 Å². The number of anilines is 1. The number of hydrogen-bond acceptors (Lipinski definition) is 3. The summed E-state index contributed by atoms with van der Waals surface area (Å²) in [7, 11) is 0. The van der Waals surface area contributed by atoms with Crippen molar-refractivity contribution in [3.63, 3.8) is 0 Å². The summed E-state index contributed by atoms with van der Waals surface area (Å²) in [5, 5.41) is 2.79. The van der Waals surface area contributed by atoms with Gasteiger partial charge in [0.2, 0.25) is 0 Å². The van der Waals surface area contributed by atoms with Crippen molar-refractivity contribution >= 4 is 34.5 Å². The first-order valence-corrected chi connectivity index (χ1v) is 6.74. The van der Waals surface area contributed by atoms with Crippen LogP contribution in [0.2, 0.25) is 4.34 Å². The molecule has 1 heterocycles. The lowest BCUT2D eigenvalue weighted by Crippen LogP contribution is -2.09. The molecule has 5 heteroatoms. The monoisotopic (exact) mass is 290 g/mol. The Morgan fingerprint density at radius 3 is 2.58 bits per heavy atom. The van der Waals surface area contributed by atoms with E-state index >= 15 is 0 Å². The van der Waals surface area contributed by atoms with Crippen LogP contribution in [0.1, 0.15) is 15.2 Å². The van der Waals surface area contributed by atoms with Crippen molar-refractivity contribution in [2.75, 3.05) is 11.9 Å². The molecule has 3 N–H and O–H groups in total. The van der Waals surface area contributed by atoms with Gasteiger partial charge in [-0.2, -0.15) is 0 Å². The molecule has 1 amide bonds. The van der Waals surface area contributed by atoms with E-state index in [4.69, 9.17) is 17.3 Å². The predicted octanol–water partition coefficient (Wildman–Crippen LogP) is 2.96. The number of amides is 1. The van der Waals surface area contributed by atoms with E-state index in [1.165, 1.54) is 11.3 Å². The molecule has 1 aromatic carbocycles. The smallest absolute Gasteiger partial charge is 0.265 e. The Hall–Kier alpha value is -1.80. The standard InChI is InChI=1S/C14H11ClN2OS/c15-13-8-7-12(19-13)14(18)17-11-5-3-10(4-6-11)2-1-9-16/h3-8H,9,16H2,(H,17,18). The van der Waals surface area contributed by atoms with Crippen LogP contribution in [-0.4, -0.2) is 12.5 Å². The molecular formula is C14H11ClN2OS.